The molecule has 0 aliphatic carbocycles. The first-order chi connectivity index (χ1) is 17.7. The van der Waals surface area contributed by atoms with Gasteiger partial charge in [-0.2, -0.15) is 0 Å². The number of guanidine groups is 1. The maximum absolute atomic E-state index is 13.0. The third-order valence-corrected chi connectivity index (χ3v) is 5.71. The Morgan fingerprint density at radius 1 is 0.921 bits per heavy atom. The third kappa shape index (κ3) is 13.7. The average molecular weight is 545 g/mol. The highest BCUT2D eigenvalue weighted by Gasteiger charge is 2.31. The fraction of sp³-hybridized carbons (Fsp3) is 0.739. The highest BCUT2D eigenvalue weighted by Crippen LogP contribution is 2.11. The van der Waals surface area contributed by atoms with Crippen LogP contribution in [-0.4, -0.2) is 89.6 Å². The highest BCUT2D eigenvalue weighted by molar-refractivity contribution is 5.94. The largest absolute Gasteiger partial charge is 0.480 e. The fourth-order valence-corrected chi connectivity index (χ4v) is 3.33. The van der Waals surface area contributed by atoms with Crippen LogP contribution in [0.4, 0.5) is 0 Å². The number of carboxylic acid groups (broad SMARTS) is 1. The molecule has 0 radical (unpaired) electrons. The van der Waals surface area contributed by atoms with E-state index in [0.29, 0.717) is 12.8 Å². The minimum absolute atomic E-state index is 0.0106. The molecule has 0 aromatic rings. The van der Waals surface area contributed by atoms with Gasteiger partial charge in [0, 0.05) is 6.54 Å². The van der Waals surface area contributed by atoms with Gasteiger partial charge in [0.05, 0.1) is 13.2 Å². The van der Waals surface area contributed by atoms with Gasteiger partial charge in [-0.1, -0.05) is 34.1 Å². The Labute approximate surface area is 222 Å². The van der Waals surface area contributed by atoms with Gasteiger partial charge in [0.25, 0.3) is 0 Å². The highest BCUT2D eigenvalue weighted by atomic mass is 16.4. The van der Waals surface area contributed by atoms with Crippen molar-refractivity contribution in [2.75, 3.05) is 19.7 Å². The zero-order valence-electron chi connectivity index (χ0n) is 22.5. The number of rotatable bonds is 18. The smallest absolute Gasteiger partial charge is 0.326 e. The Kier molecular flexibility index (Phi) is 16.3. The van der Waals surface area contributed by atoms with Crippen molar-refractivity contribution in [1.82, 2.24) is 26.6 Å². The van der Waals surface area contributed by atoms with Crippen LogP contribution in [0.15, 0.2) is 0 Å². The molecule has 0 bridgehead atoms. The van der Waals surface area contributed by atoms with Gasteiger partial charge in [-0.25, -0.2) is 4.79 Å². The van der Waals surface area contributed by atoms with Crippen LogP contribution in [0.3, 0.4) is 0 Å². The molecule has 15 heteroatoms. The van der Waals surface area contributed by atoms with Crippen molar-refractivity contribution in [3.63, 3.8) is 0 Å². The Morgan fingerprint density at radius 2 is 1.55 bits per heavy atom. The summed E-state index contributed by atoms with van der Waals surface area (Å²) >= 11 is 0. The summed E-state index contributed by atoms with van der Waals surface area (Å²) in [4.78, 5) is 61.8. The summed E-state index contributed by atoms with van der Waals surface area (Å²) in [5.41, 5.74) is 10.7. The van der Waals surface area contributed by atoms with E-state index in [4.69, 9.17) is 22.0 Å². The van der Waals surface area contributed by atoms with Crippen molar-refractivity contribution >= 4 is 35.6 Å². The fourth-order valence-electron chi connectivity index (χ4n) is 3.33. The van der Waals surface area contributed by atoms with E-state index in [2.05, 4.69) is 26.6 Å². The summed E-state index contributed by atoms with van der Waals surface area (Å²) in [6.07, 6.45) is 1.16. The van der Waals surface area contributed by atoms with E-state index in [0.717, 1.165) is 0 Å². The van der Waals surface area contributed by atoms with Crippen molar-refractivity contribution in [1.29, 1.82) is 5.41 Å². The molecule has 38 heavy (non-hydrogen) atoms. The van der Waals surface area contributed by atoms with Crippen molar-refractivity contribution in [2.24, 2.45) is 23.3 Å². The molecule has 0 unspecified atom stereocenters. The number of nitrogens with two attached hydrogens (primary N) is 2. The predicted octanol–water partition coefficient (Wildman–Crippen LogP) is -2.68. The van der Waals surface area contributed by atoms with Crippen LogP contribution in [0.1, 0.15) is 53.4 Å². The van der Waals surface area contributed by atoms with E-state index < -0.39 is 66.9 Å². The summed E-state index contributed by atoms with van der Waals surface area (Å²) in [5.74, 6) is -4.54. The van der Waals surface area contributed by atoms with Gasteiger partial charge >= 0.3 is 5.97 Å². The van der Waals surface area contributed by atoms with E-state index in [-0.39, 0.29) is 37.2 Å². The number of aliphatic hydroxyl groups is 1. The van der Waals surface area contributed by atoms with Crippen LogP contribution in [0, 0.1) is 17.2 Å². The van der Waals surface area contributed by atoms with Gasteiger partial charge < -0.3 is 48.3 Å². The number of hydrogen-bond acceptors (Lipinski definition) is 8. The van der Waals surface area contributed by atoms with Crippen LogP contribution < -0.4 is 38.1 Å². The minimum atomic E-state index is -1.25. The molecular weight excluding hydrogens is 500 g/mol. The lowest BCUT2D eigenvalue weighted by molar-refractivity contribution is -0.142. The van der Waals surface area contributed by atoms with E-state index in [1.165, 1.54) is 0 Å². The number of aliphatic carboxylic acids is 1. The van der Waals surface area contributed by atoms with E-state index >= 15 is 0 Å². The van der Waals surface area contributed by atoms with Gasteiger partial charge in [-0.3, -0.25) is 24.6 Å². The summed E-state index contributed by atoms with van der Waals surface area (Å²) in [7, 11) is 0. The van der Waals surface area contributed by atoms with Crippen molar-refractivity contribution in [3.05, 3.63) is 0 Å². The number of nitrogens with one attached hydrogen (secondary N) is 6. The minimum Gasteiger partial charge on any atom is -0.480 e. The van der Waals surface area contributed by atoms with E-state index in [1.54, 1.807) is 6.92 Å². The zero-order chi connectivity index (χ0) is 29.4. The molecule has 0 aromatic carbocycles. The Morgan fingerprint density at radius 3 is 2.05 bits per heavy atom. The molecule has 0 saturated carbocycles. The number of hydrogen-bond donors (Lipinski definition) is 10. The standard InChI is InChI=1S/C23H44N8O7/c1-5-13(4)18(31-20(35)16(9-12(2)3)30-19(34)14(24)11-32)21(36)28-10-17(33)29-15(22(37)38)7-6-8-27-23(25)26/h12-16,18,32H,5-11,24H2,1-4H3,(H,28,36)(H,29,33)(H,30,34)(H,31,35)(H,37,38)(H4,25,26,27)/t13-,14-,15-,16-,18-/m0/s1. The molecule has 0 fully saturated rings. The molecule has 0 aromatic heterocycles. The van der Waals surface area contributed by atoms with Crippen LogP contribution in [0.25, 0.3) is 0 Å². The van der Waals surface area contributed by atoms with Crippen LogP contribution >= 0.6 is 0 Å². The van der Waals surface area contributed by atoms with Gasteiger partial charge in [0.15, 0.2) is 5.96 Å². The van der Waals surface area contributed by atoms with Crippen molar-refractivity contribution < 1.29 is 34.2 Å². The molecule has 15 nitrogen and oxygen atoms in total. The number of aliphatic hydroxyl groups excluding tert-OH is 1. The number of carboxylic acids is 1. The summed E-state index contributed by atoms with van der Waals surface area (Å²) < 4.78 is 0. The summed E-state index contributed by atoms with van der Waals surface area (Å²) in [5, 5.41) is 37.9. The average Bonchev–Trinajstić information content (AvgIpc) is 2.85. The number of carbonyl (C=O) groups excluding carboxylic acids is 4. The molecule has 0 aliphatic heterocycles. The second kappa shape index (κ2) is 17.9. The molecule has 12 N–H and O–H groups in total. The van der Waals surface area contributed by atoms with Gasteiger partial charge in [-0.05, 0) is 31.1 Å². The molecule has 0 aliphatic rings. The summed E-state index contributed by atoms with van der Waals surface area (Å²) in [6, 6.07) is -4.45. The first-order valence-electron chi connectivity index (χ1n) is 12.6. The number of amides is 4. The van der Waals surface area contributed by atoms with E-state index in [1.807, 2.05) is 20.8 Å². The van der Waals surface area contributed by atoms with E-state index in [9.17, 15) is 29.1 Å². The first kappa shape index (κ1) is 34.5. The SMILES string of the molecule is CC[C@H](C)[C@H](NC(=O)[C@H](CC(C)C)NC(=O)[C@@H](N)CO)C(=O)NCC(=O)N[C@@H](CCCNC(=N)N)C(=O)O. The van der Waals surface area contributed by atoms with Crippen LogP contribution in [0.2, 0.25) is 0 Å². The molecule has 218 valence electrons. The molecule has 0 heterocycles. The van der Waals surface area contributed by atoms with Gasteiger partial charge in [0.1, 0.15) is 24.2 Å². The maximum atomic E-state index is 13.0. The second-order valence-corrected chi connectivity index (χ2v) is 9.51. The van der Waals surface area contributed by atoms with Gasteiger partial charge in [-0.15, -0.1) is 0 Å². The van der Waals surface area contributed by atoms with Crippen LogP contribution in [-0.2, 0) is 24.0 Å². The van der Waals surface area contributed by atoms with Crippen LogP contribution in [0.5, 0.6) is 0 Å². The molecule has 4 amide bonds. The Bertz CT molecular complexity index is 824. The topological polar surface area (TPSA) is 262 Å². The second-order valence-electron chi connectivity index (χ2n) is 9.51. The lowest BCUT2D eigenvalue weighted by Gasteiger charge is -2.27. The monoisotopic (exact) mass is 544 g/mol. The third-order valence-electron chi connectivity index (χ3n) is 5.71. The Hall–Kier alpha value is -3.46. The lowest BCUT2D eigenvalue weighted by atomic mass is 9.96. The molecule has 5 atom stereocenters. The van der Waals surface area contributed by atoms with Crippen molar-refractivity contribution in [3.8, 4) is 0 Å². The quantitative estimate of drug-likeness (QED) is 0.0485. The first-order valence-corrected chi connectivity index (χ1v) is 12.6. The Balaban J connectivity index is 5.21. The molecule has 0 spiro atoms. The maximum Gasteiger partial charge on any atom is 0.326 e. The predicted molar refractivity (Wildman–Crippen MR) is 140 cm³/mol. The molecule has 0 rings (SSSR count). The lowest BCUT2D eigenvalue weighted by Crippen LogP contribution is -2.58. The summed E-state index contributed by atoms with van der Waals surface area (Å²) in [6.45, 7) is 6.38. The number of carbonyl (C=O) groups is 5. The molecule has 0 saturated heterocycles. The van der Waals surface area contributed by atoms with Gasteiger partial charge in [0.2, 0.25) is 23.6 Å². The van der Waals surface area contributed by atoms with Crippen molar-refractivity contribution in [2.45, 2.75) is 77.5 Å². The normalized spacial score (nSPS) is 14.8. The zero-order valence-corrected chi connectivity index (χ0v) is 22.5. The molecular formula is C23H44N8O7.